The summed E-state index contributed by atoms with van der Waals surface area (Å²) in [6, 6.07) is 0. The zero-order valence-corrected chi connectivity index (χ0v) is 12.0. The molecule has 2 aliphatic rings. The van der Waals surface area contributed by atoms with Crippen LogP contribution in [0.3, 0.4) is 0 Å². The van der Waals surface area contributed by atoms with Gasteiger partial charge >= 0.3 is 5.97 Å². The van der Waals surface area contributed by atoms with Crippen LogP contribution in [-0.4, -0.2) is 41.3 Å². The minimum atomic E-state index is -0.754. The van der Waals surface area contributed by atoms with Crippen molar-refractivity contribution in [2.75, 3.05) is 13.2 Å². The Bertz CT molecular complexity index is 313. The zero-order chi connectivity index (χ0) is 13.2. The number of carbonyl (C=O) groups excluding carboxylic acids is 1. The summed E-state index contributed by atoms with van der Waals surface area (Å²) in [5.74, 6) is -0.233. The van der Waals surface area contributed by atoms with Gasteiger partial charge in [-0.05, 0) is 39.5 Å². The molecule has 0 amide bonds. The number of hydrogen-bond acceptors (Lipinski definition) is 5. The minimum absolute atomic E-state index is 0.233. The lowest BCUT2D eigenvalue weighted by Crippen LogP contribution is -2.47. The maximum absolute atomic E-state index is 11.8. The summed E-state index contributed by atoms with van der Waals surface area (Å²) in [7, 11) is 0. The lowest BCUT2D eigenvalue weighted by Gasteiger charge is -2.23. The Balaban J connectivity index is 1.85. The predicted molar refractivity (Wildman–Crippen MR) is 72.6 cm³/mol. The average Bonchev–Trinajstić information content (AvgIpc) is 2.89. The molecule has 104 valence electrons. The molecule has 1 aliphatic carbocycles. The van der Waals surface area contributed by atoms with Gasteiger partial charge in [0.15, 0.2) is 0 Å². The first kappa shape index (κ1) is 14.2. The highest BCUT2D eigenvalue weighted by molar-refractivity contribution is 8.00. The first-order chi connectivity index (χ1) is 8.55. The maximum atomic E-state index is 11.8. The molecule has 1 heterocycles. The Kier molecular flexibility index (Phi) is 4.56. The van der Waals surface area contributed by atoms with Crippen LogP contribution in [0.25, 0.3) is 0 Å². The molecule has 0 spiro atoms. The quantitative estimate of drug-likeness (QED) is 0.790. The van der Waals surface area contributed by atoms with Crippen molar-refractivity contribution in [2.24, 2.45) is 5.73 Å². The van der Waals surface area contributed by atoms with Gasteiger partial charge in [0.25, 0.3) is 0 Å². The van der Waals surface area contributed by atoms with Crippen LogP contribution in [0.15, 0.2) is 0 Å². The summed E-state index contributed by atoms with van der Waals surface area (Å²) >= 11 is 1.95. The van der Waals surface area contributed by atoms with E-state index in [9.17, 15) is 4.79 Å². The molecule has 18 heavy (non-hydrogen) atoms. The normalized spacial score (nSPS) is 40.1. The largest absolute Gasteiger partial charge is 0.465 e. The molecule has 1 saturated heterocycles. The minimum Gasteiger partial charge on any atom is -0.465 e. The van der Waals surface area contributed by atoms with Gasteiger partial charge in [0, 0.05) is 17.1 Å². The van der Waals surface area contributed by atoms with E-state index >= 15 is 0 Å². The second kappa shape index (κ2) is 5.80. The van der Waals surface area contributed by atoms with E-state index in [4.69, 9.17) is 15.2 Å². The summed E-state index contributed by atoms with van der Waals surface area (Å²) in [4.78, 5) is 11.8. The van der Waals surface area contributed by atoms with E-state index in [1.54, 1.807) is 0 Å². The molecule has 2 fully saturated rings. The standard InChI is InChI=1S/C13H23NO3S/c1-3-16-12(15)13(14)6-4-10(8-13)18-11-5-7-17-9(11)2/h9-11H,3-8,14H2,1-2H3. The lowest BCUT2D eigenvalue weighted by atomic mass is 10.00. The molecule has 4 unspecified atom stereocenters. The fourth-order valence-electron chi connectivity index (χ4n) is 2.74. The lowest BCUT2D eigenvalue weighted by molar-refractivity contribution is -0.149. The second-order valence-corrected chi connectivity index (χ2v) is 6.82. The molecule has 0 radical (unpaired) electrons. The monoisotopic (exact) mass is 273 g/mol. The Morgan fingerprint density at radius 3 is 2.94 bits per heavy atom. The first-order valence-electron chi connectivity index (χ1n) is 6.78. The summed E-state index contributed by atoms with van der Waals surface area (Å²) in [5, 5.41) is 1.02. The van der Waals surface area contributed by atoms with Gasteiger partial charge in [0.05, 0.1) is 12.7 Å². The molecule has 0 aromatic rings. The number of thioether (sulfide) groups is 1. The van der Waals surface area contributed by atoms with Gasteiger partial charge in [-0.25, -0.2) is 0 Å². The third kappa shape index (κ3) is 3.00. The Hall–Kier alpha value is -0.260. The molecular formula is C13H23NO3S. The van der Waals surface area contributed by atoms with E-state index in [1.165, 1.54) is 0 Å². The first-order valence-corrected chi connectivity index (χ1v) is 7.72. The van der Waals surface area contributed by atoms with Gasteiger partial charge in [-0.15, -0.1) is 0 Å². The third-order valence-corrected chi connectivity index (χ3v) is 5.62. The van der Waals surface area contributed by atoms with Crippen LogP contribution >= 0.6 is 11.8 Å². The van der Waals surface area contributed by atoms with E-state index in [1.807, 2.05) is 18.7 Å². The summed E-state index contributed by atoms with van der Waals surface area (Å²) in [5.41, 5.74) is 5.42. The molecule has 1 aliphatic heterocycles. The van der Waals surface area contributed by atoms with E-state index in [2.05, 4.69) is 6.92 Å². The zero-order valence-electron chi connectivity index (χ0n) is 11.2. The molecule has 4 nitrogen and oxygen atoms in total. The molecule has 0 aromatic heterocycles. The van der Waals surface area contributed by atoms with E-state index in [-0.39, 0.29) is 5.97 Å². The second-order valence-electron chi connectivity index (χ2n) is 5.28. The van der Waals surface area contributed by atoms with Gasteiger partial charge in [0.1, 0.15) is 5.54 Å². The van der Waals surface area contributed by atoms with Gasteiger partial charge in [-0.3, -0.25) is 4.79 Å². The summed E-state index contributed by atoms with van der Waals surface area (Å²) in [6.45, 7) is 5.21. The molecule has 1 saturated carbocycles. The van der Waals surface area contributed by atoms with Crippen molar-refractivity contribution in [3.05, 3.63) is 0 Å². The number of nitrogens with two attached hydrogens (primary N) is 1. The van der Waals surface area contributed by atoms with Crippen LogP contribution in [0, 0.1) is 0 Å². The van der Waals surface area contributed by atoms with Crippen LogP contribution in [0.1, 0.15) is 39.5 Å². The smallest absolute Gasteiger partial charge is 0.326 e. The van der Waals surface area contributed by atoms with Crippen molar-refractivity contribution >= 4 is 17.7 Å². The van der Waals surface area contributed by atoms with Crippen LogP contribution < -0.4 is 5.73 Å². The van der Waals surface area contributed by atoms with Crippen molar-refractivity contribution in [2.45, 2.75) is 61.7 Å². The SMILES string of the molecule is CCOC(=O)C1(N)CCC(SC2CCOC2C)C1. The summed E-state index contributed by atoms with van der Waals surface area (Å²) in [6.07, 6.45) is 3.92. The molecular weight excluding hydrogens is 250 g/mol. The van der Waals surface area contributed by atoms with Crippen molar-refractivity contribution in [3.8, 4) is 0 Å². The third-order valence-electron chi connectivity index (χ3n) is 3.86. The highest BCUT2D eigenvalue weighted by Crippen LogP contribution is 2.41. The van der Waals surface area contributed by atoms with Crippen molar-refractivity contribution < 1.29 is 14.3 Å². The molecule has 0 bridgehead atoms. The van der Waals surface area contributed by atoms with Crippen molar-refractivity contribution in [3.63, 3.8) is 0 Å². The number of esters is 1. The van der Waals surface area contributed by atoms with E-state index in [0.717, 1.165) is 32.3 Å². The molecule has 2 rings (SSSR count). The van der Waals surface area contributed by atoms with Gasteiger partial charge in [-0.2, -0.15) is 11.8 Å². The molecule has 4 atom stereocenters. The van der Waals surface area contributed by atoms with Crippen molar-refractivity contribution in [1.29, 1.82) is 0 Å². The van der Waals surface area contributed by atoms with Crippen molar-refractivity contribution in [1.82, 2.24) is 0 Å². The molecule has 2 N–H and O–H groups in total. The van der Waals surface area contributed by atoms with Gasteiger partial charge in [0.2, 0.25) is 0 Å². The maximum Gasteiger partial charge on any atom is 0.326 e. The van der Waals surface area contributed by atoms with Crippen LogP contribution in [0.4, 0.5) is 0 Å². The van der Waals surface area contributed by atoms with E-state index in [0.29, 0.717) is 23.2 Å². The van der Waals surface area contributed by atoms with Gasteiger partial charge in [-0.1, -0.05) is 0 Å². The predicted octanol–water partition coefficient (Wildman–Crippen LogP) is 1.71. The number of hydrogen-bond donors (Lipinski definition) is 1. The Morgan fingerprint density at radius 1 is 1.56 bits per heavy atom. The average molecular weight is 273 g/mol. The number of rotatable bonds is 4. The van der Waals surface area contributed by atoms with Crippen LogP contribution in [0.5, 0.6) is 0 Å². The topological polar surface area (TPSA) is 61.5 Å². The Morgan fingerprint density at radius 2 is 2.33 bits per heavy atom. The number of ether oxygens (including phenoxy) is 2. The number of carbonyl (C=O) groups is 1. The highest BCUT2D eigenvalue weighted by Gasteiger charge is 2.44. The molecule has 0 aromatic carbocycles. The summed E-state index contributed by atoms with van der Waals surface area (Å²) < 4.78 is 10.6. The van der Waals surface area contributed by atoms with E-state index < -0.39 is 5.54 Å². The van der Waals surface area contributed by atoms with Gasteiger partial charge < -0.3 is 15.2 Å². The fraction of sp³-hybridized carbons (Fsp3) is 0.923. The highest BCUT2D eigenvalue weighted by atomic mass is 32.2. The fourth-order valence-corrected chi connectivity index (χ4v) is 4.42. The van der Waals surface area contributed by atoms with Crippen LogP contribution in [-0.2, 0) is 14.3 Å². The van der Waals surface area contributed by atoms with Crippen LogP contribution in [0.2, 0.25) is 0 Å². The molecule has 5 heteroatoms. The Labute approximate surface area is 113 Å².